The zero-order chi connectivity index (χ0) is 13.5. The van der Waals surface area contributed by atoms with Crippen LogP contribution in [0.25, 0.3) is 0 Å². The van der Waals surface area contributed by atoms with Crippen molar-refractivity contribution in [3.8, 4) is 0 Å². The third kappa shape index (κ3) is 3.66. The summed E-state index contributed by atoms with van der Waals surface area (Å²) in [5.41, 5.74) is 4.90. The van der Waals surface area contributed by atoms with Gasteiger partial charge in [0.2, 0.25) is 0 Å². The first-order chi connectivity index (χ1) is 9.35. The Hall–Kier alpha value is -1.64. The van der Waals surface area contributed by atoms with Gasteiger partial charge in [0.1, 0.15) is 0 Å². The van der Waals surface area contributed by atoms with E-state index in [0.29, 0.717) is 12.8 Å². The van der Waals surface area contributed by atoms with E-state index in [1.54, 1.807) is 0 Å². The van der Waals surface area contributed by atoms with Gasteiger partial charge in [0.05, 0.1) is 0 Å². The summed E-state index contributed by atoms with van der Waals surface area (Å²) >= 11 is 0. The number of hydrogen-bond donors (Lipinski definition) is 2. The Bertz CT molecular complexity index is 473. The van der Waals surface area contributed by atoms with Crippen LogP contribution in [0.5, 0.6) is 0 Å². The Morgan fingerprint density at radius 2 is 0.947 bits per heavy atom. The van der Waals surface area contributed by atoms with Gasteiger partial charge in [-0.2, -0.15) is 0 Å². The van der Waals surface area contributed by atoms with Crippen LogP contribution in [0.15, 0.2) is 48.5 Å². The molecule has 0 bridgehead atoms. The Balaban J connectivity index is 2.25. The van der Waals surface area contributed by atoms with E-state index in [4.69, 9.17) is 10.2 Å². The molecule has 0 saturated carbocycles. The smallest absolute Gasteiger partial charge is 0.0471 e. The predicted molar refractivity (Wildman–Crippen MR) is 77.3 cm³/mol. The van der Waals surface area contributed by atoms with Crippen molar-refractivity contribution in [1.29, 1.82) is 0 Å². The zero-order valence-corrected chi connectivity index (χ0v) is 11.0. The summed E-state index contributed by atoms with van der Waals surface area (Å²) in [5, 5.41) is 18.2. The standard InChI is InChI=1S/C17H20O2/c18-11-9-14-5-1-3-7-16(14)13-17-8-4-2-6-15(17)10-12-19/h1-8,18-19H,9-13H2. The lowest BCUT2D eigenvalue weighted by Crippen LogP contribution is -2.02. The maximum atomic E-state index is 9.12. The summed E-state index contributed by atoms with van der Waals surface area (Å²) in [4.78, 5) is 0. The maximum absolute atomic E-state index is 9.12. The van der Waals surface area contributed by atoms with Crippen molar-refractivity contribution in [2.75, 3.05) is 13.2 Å². The highest BCUT2D eigenvalue weighted by atomic mass is 16.3. The lowest BCUT2D eigenvalue weighted by Gasteiger charge is -2.12. The fraction of sp³-hybridized carbons (Fsp3) is 0.294. The molecule has 2 rings (SSSR count). The van der Waals surface area contributed by atoms with Crippen LogP contribution >= 0.6 is 0 Å². The maximum Gasteiger partial charge on any atom is 0.0471 e. The number of aliphatic hydroxyl groups excluding tert-OH is 2. The topological polar surface area (TPSA) is 40.5 Å². The number of benzene rings is 2. The van der Waals surface area contributed by atoms with Gasteiger partial charge in [-0.15, -0.1) is 0 Å². The Labute approximate surface area is 114 Å². The normalized spacial score (nSPS) is 10.6. The summed E-state index contributed by atoms with van der Waals surface area (Å²) < 4.78 is 0. The van der Waals surface area contributed by atoms with Crippen molar-refractivity contribution in [1.82, 2.24) is 0 Å². The highest BCUT2D eigenvalue weighted by Gasteiger charge is 2.06. The highest BCUT2D eigenvalue weighted by Crippen LogP contribution is 2.18. The van der Waals surface area contributed by atoms with E-state index in [-0.39, 0.29) is 13.2 Å². The number of rotatable bonds is 6. The molecule has 0 heterocycles. The van der Waals surface area contributed by atoms with Crippen molar-refractivity contribution in [2.45, 2.75) is 19.3 Å². The van der Waals surface area contributed by atoms with Gasteiger partial charge in [-0.1, -0.05) is 48.5 Å². The summed E-state index contributed by atoms with van der Waals surface area (Å²) in [7, 11) is 0. The van der Waals surface area contributed by atoms with E-state index >= 15 is 0 Å². The molecule has 0 aliphatic heterocycles. The first-order valence-corrected chi connectivity index (χ1v) is 6.70. The lowest BCUT2D eigenvalue weighted by molar-refractivity contribution is 0.299. The molecule has 0 unspecified atom stereocenters. The fourth-order valence-electron chi connectivity index (χ4n) is 2.39. The lowest BCUT2D eigenvalue weighted by atomic mass is 9.94. The summed E-state index contributed by atoms with van der Waals surface area (Å²) in [6, 6.07) is 16.4. The second-order valence-electron chi connectivity index (χ2n) is 4.66. The summed E-state index contributed by atoms with van der Waals surface area (Å²) in [6.07, 6.45) is 2.24. The van der Waals surface area contributed by atoms with Crippen LogP contribution in [0, 0.1) is 0 Å². The van der Waals surface area contributed by atoms with Crippen LogP contribution in [-0.4, -0.2) is 23.4 Å². The van der Waals surface area contributed by atoms with Crippen LogP contribution in [0.1, 0.15) is 22.3 Å². The average Bonchev–Trinajstić information content (AvgIpc) is 2.44. The van der Waals surface area contributed by atoms with Gasteiger partial charge in [0, 0.05) is 13.2 Å². The van der Waals surface area contributed by atoms with E-state index in [2.05, 4.69) is 24.3 Å². The molecule has 2 aromatic rings. The summed E-state index contributed by atoms with van der Waals surface area (Å²) in [5.74, 6) is 0. The van der Waals surface area contributed by atoms with E-state index in [9.17, 15) is 0 Å². The molecular weight excluding hydrogens is 236 g/mol. The van der Waals surface area contributed by atoms with Crippen LogP contribution < -0.4 is 0 Å². The fourth-order valence-corrected chi connectivity index (χ4v) is 2.39. The minimum absolute atomic E-state index is 0.176. The molecule has 2 nitrogen and oxygen atoms in total. The second-order valence-corrected chi connectivity index (χ2v) is 4.66. The molecule has 100 valence electrons. The SMILES string of the molecule is OCCc1ccccc1Cc1ccccc1CCO. The quantitative estimate of drug-likeness (QED) is 0.833. The monoisotopic (exact) mass is 256 g/mol. The molecule has 0 aliphatic carbocycles. The molecule has 0 radical (unpaired) electrons. The van der Waals surface area contributed by atoms with Crippen LogP contribution in [-0.2, 0) is 19.3 Å². The summed E-state index contributed by atoms with van der Waals surface area (Å²) in [6.45, 7) is 0.352. The van der Waals surface area contributed by atoms with Crippen molar-refractivity contribution >= 4 is 0 Å². The van der Waals surface area contributed by atoms with Gasteiger partial charge in [-0.05, 0) is 41.5 Å². The number of aliphatic hydroxyl groups is 2. The van der Waals surface area contributed by atoms with Gasteiger partial charge in [-0.25, -0.2) is 0 Å². The largest absolute Gasteiger partial charge is 0.396 e. The van der Waals surface area contributed by atoms with Crippen molar-refractivity contribution in [2.24, 2.45) is 0 Å². The third-order valence-corrected chi connectivity index (χ3v) is 3.38. The van der Waals surface area contributed by atoms with Crippen LogP contribution in [0.2, 0.25) is 0 Å². The molecule has 2 heteroatoms. The third-order valence-electron chi connectivity index (χ3n) is 3.38. The number of hydrogen-bond acceptors (Lipinski definition) is 2. The van der Waals surface area contributed by atoms with Crippen molar-refractivity contribution < 1.29 is 10.2 Å². The Morgan fingerprint density at radius 1 is 0.579 bits per heavy atom. The van der Waals surface area contributed by atoms with E-state index < -0.39 is 0 Å². The van der Waals surface area contributed by atoms with Gasteiger partial charge in [-0.3, -0.25) is 0 Å². The van der Waals surface area contributed by atoms with E-state index in [1.807, 2.05) is 24.3 Å². The molecule has 19 heavy (non-hydrogen) atoms. The van der Waals surface area contributed by atoms with Crippen molar-refractivity contribution in [3.05, 3.63) is 70.8 Å². The minimum Gasteiger partial charge on any atom is -0.396 e. The molecule has 0 saturated heterocycles. The predicted octanol–water partition coefficient (Wildman–Crippen LogP) is 2.35. The van der Waals surface area contributed by atoms with Gasteiger partial charge in [0.25, 0.3) is 0 Å². The molecule has 2 N–H and O–H groups in total. The first-order valence-electron chi connectivity index (χ1n) is 6.70. The van der Waals surface area contributed by atoms with Gasteiger partial charge >= 0.3 is 0 Å². The molecule has 0 atom stereocenters. The molecule has 0 aliphatic rings. The van der Waals surface area contributed by atoms with E-state index in [0.717, 1.165) is 6.42 Å². The minimum atomic E-state index is 0.176. The molecular formula is C17H20O2. The van der Waals surface area contributed by atoms with Crippen molar-refractivity contribution in [3.63, 3.8) is 0 Å². The molecule has 0 amide bonds. The first kappa shape index (κ1) is 13.8. The van der Waals surface area contributed by atoms with Gasteiger partial charge < -0.3 is 10.2 Å². The van der Waals surface area contributed by atoms with Crippen LogP contribution in [0.4, 0.5) is 0 Å². The molecule has 0 aromatic heterocycles. The Kier molecular flexibility index (Phi) is 5.13. The second kappa shape index (κ2) is 7.07. The zero-order valence-electron chi connectivity index (χ0n) is 11.0. The molecule has 0 fully saturated rings. The Morgan fingerprint density at radius 3 is 1.32 bits per heavy atom. The molecule has 0 spiro atoms. The van der Waals surface area contributed by atoms with Gasteiger partial charge in [0.15, 0.2) is 0 Å². The van der Waals surface area contributed by atoms with Crippen LogP contribution in [0.3, 0.4) is 0 Å². The highest BCUT2D eigenvalue weighted by molar-refractivity contribution is 5.36. The van der Waals surface area contributed by atoms with E-state index in [1.165, 1.54) is 22.3 Å². The average molecular weight is 256 g/mol. The molecule has 2 aromatic carbocycles.